The average Bonchev–Trinajstić information content (AvgIpc) is 3.13. The molecule has 8 unspecified atom stereocenters. The molecular weight excluding hydrogens is 792 g/mol. The summed E-state index contributed by atoms with van der Waals surface area (Å²) in [5, 5.41) is 74.2. The van der Waals surface area contributed by atoms with E-state index in [0.29, 0.717) is 6.42 Å². The van der Waals surface area contributed by atoms with E-state index in [1.54, 1.807) is 34.6 Å². The molecule has 18 atom stereocenters. The minimum Gasteiger partial charge on any atom is -0.550 e. The van der Waals surface area contributed by atoms with Gasteiger partial charge in [0.1, 0.15) is 29.7 Å². The van der Waals surface area contributed by atoms with E-state index >= 15 is 0 Å². The molecule has 0 amide bonds. The summed E-state index contributed by atoms with van der Waals surface area (Å²) in [5.41, 5.74) is -1.03. The van der Waals surface area contributed by atoms with Gasteiger partial charge in [-0.2, -0.15) is 0 Å². The van der Waals surface area contributed by atoms with Gasteiger partial charge < -0.3 is 79.6 Å². The van der Waals surface area contributed by atoms with Crippen molar-refractivity contribution < 1.29 is 89.1 Å². The highest BCUT2D eigenvalue weighted by Crippen LogP contribution is 2.40. The van der Waals surface area contributed by atoms with Crippen LogP contribution in [-0.2, 0) is 47.6 Å². The molecule has 19 nitrogen and oxygen atoms in total. The second-order valence-electron chi connectivity index (χ2n) is 17.7. The Hall–Kier alpha value is -2.40. The van der Waals surface area contributed by atoms with Crippen molar-refractivity contribution in [3.05, 3.63) is 0 Å². The molecule has 0 spiro atoms. The van der Waals surface area contributed by atoms with E-state index in [0.717, 1.165) is 13.8 Å². The summed E-state index contributed by atoms with van der Waals surface area (Å²) in [4.78, 5) is 47.8. The summed E-state index contributed by atoms with van der Waals surface area (Å²) < 4.78 is 37.1. The van der Waals surface area contributed by atoms with Crippen LogP contribution in [0, 0.1) is 23.7 Å². The first-order valence-corrected chi connectivity index (χ1v) is 20.6. The molecule has 3 heterocycles. The number of carbonyl (C=O) groups is 4. The number of rotatable bonds is 8. The van der Waals surface area contributed by atoms with Gasteiger partial charge in [0, 0.05) is 56.6 Å². The topological polar surface area (TPSA) is 299 Å². The second kappa shape index (κ2) is 23.3. The number of esters is 1. The number of carboxylic acids is 2. The molecule has 0 bridgehead atoms. The average molecular weight is 869 g/mol. The molecule has 0 aromatic heterocycles. The number of aliphatic hydroxyl groups excluding tert-OH is 3. The molecule has 3 rings (SSSR count). The Kier molecular flexibility index (Phi) is 21.6. The van der Waals surface area contributed by atoms with Crippen LogP contribution in [0.25, 0.3) is 0 Å². The maximum atomic E-state index is 14.2. The molecule has 19 heteroatoms. The summed E-state index contributed by atoms with van der Waals surface area (Å²) >= 11 is 0. The molecule has 3 fully saturated rings. The predicted octanol–water partition coefficient (Wildman–Crippen LogP) is -1.15. The fourth-order valence-electron chi connectivity index (χ4n) is 8.45. The highest BCUT2D eigenvalue weighted by Gasteiger charge is 2.53. The Balaban J connectivity index is 0.00000206. The standard InChI is InChI=1S/C37H68N2O13.2C2H4O2/c1-18-16-35(7,45)32(52-34-28(41)24(39(10)11)15-19(2)48-34)21(4)29(51-26-17-36(8,47-12)31(43)23(6)49-26)22(5)33(44)50-25(13-14-38)37(9,46)30(42)20(3)27(18)40;2*1-2(3)4/h18-26,28-32,34,41-43,45-46H,13-17,38H2,1-12H3;2*1H3,(H,3,4)/t18-,19?,20+,21+,22-,23?,24?,25-,26?,28?,29+,30-,31?,32-,34?,35-,36?,37-;;/m1../s1. The number of methoxy groups -OCH3 is 1. The van der Waals surface area contributed by atoms with Crippen molar-refractivity contribution in [1.29, 1.82) is 0 Å². The molecule has 352 valence electrons. The number of carboxylic acid groups (broad SMARTS) is 2. The first-order chi connectivity index (χ1) is 27.4. The van der Waals surface area contributed by atoms with E-state index in [-0.39, 0.29) is 38.0 Å². The molecule has 3 aliphatic heterocycles. The van der Waals surface area contributed by atoms with E-state index < -0.39 is 119 Å². The Morgan fingerprint density at radius 2 is 1.45 bits per heavy atom. The lowest BCUT2D eigenvalue weighted by Crippen LogP contribution is -2.62. The van der Waals surface area contributed by atoms with Crippen molar-refractivity contribution in [3.63, 3.8) is 0 Å². The van der Waals surface area contributed by atoms with Crippen LogP contribution in [0.2, 0.25) is 0 Å². The van der Waals surface area contributed by atoms with Gasteiger partial charge in [-0.1, -0.05) is 20.8 Å². The Morgan fingerprint density at radius 3 is 1.93 bits per heavy atom. The van der Waals surface area contributed by atoms with Gasteiger partial charge in [-0.05, 0) is 75.4 Å². The Bertz CT molecular complexity index is 1360. The number of hydrogen-bond donors (Lipinski definition) is 7. The minimum absolute atomic E-state index is 0.0862. The van der Waals surface area contributed by atoms with Crippen LogP contribution in [0.3, 0.4) is 0 Å². The van der Waals surface area contributed by atoms with Gasteiger partial charge in [-0.25, -0.2) is 0 Å². The molecule has 3 aliphatic rings. The van der Waals surface area contributed by atoms with Gasteiger partial charge in [0.25, 0.3) is 5.97 Å². The smallest absolute Gasteiger partial charge is 0.311 e. The largest absolute Gasteiger partial charge is 0.550 e. The fourth-order valence-corrected chi connectivity index (χ4v) is 8.45. The van der Waals surface area contributed by atoms with Gasteiger partial charge in [0.15, 0.2) is 12.6 Å². The van der Waals surface area contributed by atoms with Crippen molar-refractivity contribution in [2.24, 2.45) is 23.7 Å². The quantitative estimate of drug-likeness (QED) is 0.142. The van der Waals surface area contributed by atoms with Crippen LogP contribution in [0.5, 0.6) is 0 Å². The van der Waals surface area contributed by atoms with Gasteiger partial charge in [0.2, 0.25) is 0 Å². The number of ether oxygens (including phenoxy) is 6. The lowest BCUT2D eigenvalue weighted by atomic mass is 9.74. The van der Waals surface area contributed by atoms with Gasteiger partial charge in [-0.3, -0.25) is 14.4 Å². The first kappa shape index (κ1) is 55.6. The Morgan fingerprint density at radius 1 is 0.917 bits per heavy atom. The monoisotopic (exact) mass is 869 g/mol. The third-order valence-electron chi connectivity index (χ3n) is 11.9. The third kappa shape index (κ3) is 14.9. The molecule has 0 radical (unpaired) electrons. The zero-order valence-corrected chi connectivity index (χ0v) is 38.0. The van der Waals surface area contributed by atoms with E-state index in [9.17, 15) is 35.1 Å². The van der Waals surface area contributed by atoms with Crippen molar-refractivity contribution >= 4 is 23.7 Å². The molecule has 3 saturated heterocycles. The van der Waals surface area contributed by atoms with Crippen molar-refractivity contribution in [2.45, 2.75) is 186 Å². The number of Topliss-reactive ketones (excluding diaryl/α,β-unsaturated/α-hetero) is 1. The molecule has 60 heavy (non-hydrogen) atoms. The van der Waals surface area contributed by atoms with Crippen molar-refractivity contribution in [2.75, 3.05) is 27.7 Å². The predicted molar refractivity (Wildman–Crippen MR) is 212 cm³/mol. The van der Waals surface area contributed by atoms with Crippen LogP contribution in [-0.4, -0.2) is 171 Å². The maximum Gasteiger partial charge on any atom is 0.311 e. The number of cyclic esters (lactones) is 1. The molecule has 0 saturated carbocycles. The summed E-state index contributed by atoms with van der Waals surface area (Å²) in [6, 6.07) is -0.329. The molecule has 0 aromatic rings. The number of quaternary nitrogens is 1. The van der Waals surface area contributed by atoms with Crippen LogP contribution < -0.4 is 10.8 Å². The minimum atomic E-state index is -2.03. The van der Waals surface area contributed by atoms with E-state index in [4.69, 9.17) is 48.2 Å². The number of aliphatic hydroxyl groups is 5. The number of ketones is 1. The maximum absolute atomic E-state index is 14.2. The number of carbonyl (C=O) groups excluding carboxylic acids is 3. The number of hydrogen-bond acceptors (Lipinski definition) is 17. The number of nitrogens with zero attached hydrogens (tertiary/aromatic N) is 1. The fraction of sp³-hybridized carbons (Fsp3) is 0.902. The van der Waals surface area contributed by atoms with Crippen LogP contribution in [0.4, 0.5) is 0 Å². The van der Waals surface area contributed by atoms with E-state index in [2.05, 4.69) is 5.73 Å². The van der Waals surface area contributed by atoms with Gasteiger partial charge in [-0.15, -0.1) is 0 Å². The second-order valence-corrected chi connectivity index (χ2v) is 17.7. The lowest BCUT2D eigenvalue weighted by molar-refractivity contribution is -0.373. The van der Waals surface area contributed by atoms with Crippen molar-refractivity contribution in [3.8, 4) is 0 Å². The molecular formula is C41H76N2O17. The highest BCUT2D eigenvalue weighted by molar-refractivity contribution is 5.83. The number of aliphatic carboxylic acids is 2. The summed E-state index contributed by atoms with van der Waals surface area (Å²) in [6.07, 6.45) is -9.91. The molecule has 0 aromatic carbocycles. The molecule has 0 aliphatic carbocycles. The zero-order chi connectivity index (χ0) is 46.8. The zero-order valence-electron chi connectivity index (χ0n) is 38.0. The SMILES string of the molecule is CC(=O)O.CC(=O)[O-].COC1(C)CC(O[C@H]2[C@H](C)[C@@H](OC3OC(C)CC(N(C)C)C3O)[C@](C)(O)C[C@@H](C)C(=O)[C@H](C)[C@@H](O)[C@](C)(O)[C@@H](CC[NH3+])OC(=O)[C@@H]2C)OC(C)C1O. The summed E-state index contributed by atoms with van der Waals surface area (Å²) in [7, 11) is 5.17. The normalized spacial score (nSPS) is 43.3. The Labute approximate surface area is 354 Å². The van der Waals surface area contributed by atoms with Crippen molar-refractivity contribution in [1.82, 2.24) is 4.90 Å². The summed E-state index contributed by atoms with van der Waals surface area (Å²) in [6.45, 7) is 16.9. The van der Waals surface area contributed by atoms with E-state index in [1.807, 2.05) is 25.9 Å². The highest BCUT2D eigenvalue weighted by atomic mass is 16.7. The third-order valence-corrected chi connectivity index (χ3v) is 11.9. The van der Waals surface area contributed by atoms with E-state index in [1.165, 1.54) is 27.9 Å². The van der Waals surface area contributed by atoms with Gasteiger partial charge >= 0.3 is 5.97 Å². The first-order valence-electron chi connectivity index (χ1n) is 20.6. The lowest BCUT2D eigenvalue weighted by Gasteiger charge is -2.49. The van der Waals surface area contributed by atoms with Crippen LogP contribution in [0.15, 0.2) is 0 Å². The summed E-state index contributed by atoms with van der Waals surface area (Å²) in [5.74, 6) is -6.99. The molecule has 9 N–H and O–H groups in total. The van der Waals surface area contributed by atoms with Crippen LogP contribution >= 0.6 is 0 Å². The van der Waals surface area contributed by atoms with Crippen LogP contribution in [0.1, 0.15) is 102 Å². The van der Waals surface area contributed by atoms with Gasteiger partial charge in [0.05, 0.1) is 54.2 Å². The number of likely N-dealkylation sites (N-methyl/N-ethyl adjacent to an activating group) is 1.